The van der Waals surface area contributed by atoms with Gasteiger partial charge in [-0.25, -0.2) is 0 Å². The maximum absolute atomic E-state index is 11.2. The van der Waals surface area contributed by atoms with Gasteiger partial charge in [0.25, 0.3) is 0 Å². The first-order chi connectivity index (χ1) is 9.18. The van der Waals surface area contributed by atoms with E-state index in [2.05, 4.69) is 16.3 Å². The molecule has 0 saturated carbocycles. The highest BCUT2D eigenvalue weighted by atomic mass is 32.2. The molecule has 1 aliphatic rings. The molecule has 0 aliphatic carbocycles. The number of nitrogens with one attached hydrogen (secondary N) is 1. The fourth-order valence-electron chi connectivity index (χ4n) is 2.69. The Balaban J connectivity index is 2.16. The maximum Gasteiger partial charge on any atom is 0.0930 e. The van der Waals surface area contributed by atoms with Crippen LogP contribution in [-0.2, 0) is 18.1 Å². The molecule has 102 valence electrons. The molecule has 1 N–H and O–H groups in total. The van der Waals surface area contributed by atoms with Crippen LogP contribution in [0.2, 0.25) is 0 Å². The van der Waals surface area contributed by atoms with Crippen LogP contribution in [0.25, 0.3) is 10.9 Å². The van der Waals surface area contributed by atoms with Gasteiger partial charge in [-0.1, -0.05) is 12.1 Å². The first-order valence-electron chi connectivity index (χ1n) is 6.32. The van der Waals surface area contributed by atoms with Gasteiger partial charge in [0.15, 0.2) is 0 Å². The first-order valence-corrected chi connectivity index (χ1v) is 7.39. The van der Waals surface area contributed by atoms with E-state index in [0.29, 0.717) is 5.03 Å². The summed E-state index contributed by atoms with van der Waals surface area (Å²) in [4.78, 5) is 2.30. The van der Waals surface area contributed by atoms with Crippen molar-refractivity contribution in [2.45, 2.75) is 5.03 Å². The number of nitrogens with zero attached hydrogens (tertiary/aromatic N) is 2. The molecule has 1 aliphatic heterocycles. The zero-order chi connectivity index (χ0) is 13.4. The van der Waals surface area contributed by atoms with E-state index < -0.39 is 11.1 Å². The minimum atomic E-state index is -2.20. The number of anilines is 1. The van der Waals surface area contributed by atoms with E-state index in [0.717, 1.165) is 42.8 Å². The molecule has 1 saturated heterocycles. The molecule has 1 fully saturated rings. The van der Waals surface area contributed by atoms with Crippen molar-refractivity contribution in [3.05, 3.63) is 24.3 Å². The lowest BCUT2D eigenvalue weighted by atomic mass is 10.2. The lowest BCUT2D eigenvalue weighted by Gasteiger charge is -2.30. The van der Waals surface area contributed by atoms with Gasteiger partial charge in [0.2, 0.25) is 0 Å². The second-order valence-electron chi connectivity index (χ2n) is 4.73. The molecule has 1 aromatic heterocycles. The summed E-state index contributed by atoms with van der Waals surface area (Å²) >= 11 is -2.20. The quantitative estimate of drug-likeness (QED) is 0.827. The van der Waals surface area contributed by atoms with E-state index in [1.165, 1.54) is 0 Å². The third-order valence-electron chi connectivity index (χ3n) is 3.62. The zero-order valence-electron chi connectivity index (χ0n) is 10.8. The van der Waals surface area contributed by atoms with Crippen molar-refractivity contribution >= 4 is 27.7 Å². The van der Waals surface area contributed by atoms with Crippen LogP contribution in [0.15, 0.2) is 29.3 Å². The predicted octanol–water partition coefficient (Wildman–Crippen LogP) is 0.826. The molecule has 19 heavy (non-hydrogen) atoms. The first kappa shape index (κ1) is 12.7. The maximum atomic E-state index is 11.2. The minimum Gasteiger partial charge on any atom is -0.767 e. The van der Waals surface area contributed by atoms with Crippen LogP contribution >= 0.6 is 0 Å². The van der Waals surface area contributed by atoms with Crippen molar-refractivity contribution in [2.24, 2.45) is 7.05 Å². The summed E-state index contributed by atoms with van der Waals surface area (Å²) < 4.78 is 24.2. The van der Waals surface area contributed by atoms with Gasteiger partial charge in [0, 0.05) is 38.6 Å². The van der Waals surface area contributed by atoms with E-state index >= 15 is 0 Å². The summed E-state index contributed by atoms with van der Waals surface area (Å²) in [5.74, 6) is 0. The lowest BCUT2D eigenvalue weighted by Crippen LogP contribution is -2.43. The van der Waals surface area contributed by atoms with Gasteiger partial charge < -0.3 is 19.3 Å². The third-order valence-corrected chi connectivity index (χ3v) is 4.35. The Bertz CT molecular complexity index is 632. The molecule has 0 bridgehead atoms. The number of piperazine rings is 1. The molecule has 0 spiro atoms. The molecular weight excluding hydrogens is 262 g/mol. The fraction of sp³-hybridized carbons (Fsp3) is 0.385. The van der Waals surface area contributed by atoms with Gasteiger partial charge in [0.1, 0.15) is 0 Å². The molecule has 5 nitrogen and oxygen atoms in total. The van der Waals surface area contributed by atoms with Crippen molar-refractivity contribution in [3.8, 4) is 0 Å². The molecule has 3 rings (SSSR count). The standard InChI is InChI=1S/C13H17N3O2S/c1-15-12(19(17)18)9-10-3-2-4-11(13(10)15)16-7-5-14-6-8-16/h2-4,9,14H,5-8H2,1H3,(H,17,18)/p-1. The van der Waals surface area contributed by atoms with Gasteiger partial charge in [-0.2, -0.15) is 0 Å². The molecule has 2 aromatic rings. The Morgan fingerprint density at radius 1 is 1.32 bits per heavy atom. The molecule has 0 amide bonds. The Morgan fingerprint density at radius 2 is 2.05 bits per heavy atom. The number of aromatic nitrogens is 1. The van der Waals surface area contributed by atoms with Crippen molar-refractivity contribution in [2.75, 3.05) is 31.1 Å². The van der Waals surface area contributed by atoms with Crippen LogP contribution in [0.4, 0.5) is 5.69 Å². The third kappa shape index (κ3) is 2.16. The van der Waals surface area contributed by atoms with Crippen LogP contribution < -0.4 is 10.2 Å². The molecule has 1 unspecified atom stereocenters. The summed E-state index contributed by atoms with van der Waals surface area (Å²) in [6.07, 6.45) is 0. The van der Waals surface area contributed by atoms with Crippen molar-refractivity contribution < 1.29 is 8.76 Å². The molecule has 1 atom stereocenters. The van der Waals surface area contributed by atoms with Crippen molar-refractivity contribution in [1.82, 2.24) is 9.88 Å². The van der Waals surface area contributed by atoms with Crippen LogP contribution in [-0.4, -0.2) is 39.5 Å². The smallest absolute Gasteiger partial charge is 0.0930 e. The fourth-order valence-corrected chi connectivity index (χ4v) is 3.23. The Morgan fingerprint density at radius 3 is 2.74 bits per heavy atom. The van der Waals surface area contributed by atoms with Gasteiger partial charge in [-0.3, -0.25) is 4.21 Å². The molecule has 0 radical (unpaired) electrons. The van der Waals surface area contributed by atoms with Crippen molar-refractivity contribution in [1.29, 1.82) is 0 Å². The number of benzene rings is 1. The number of hydrogen-bond donors (Lipinski definition) is 1. The second-order valence-corrected chi connectivity index (χ2v) is 5.62. The average Bonchev–Trinajstić information content (AvgIpc) is 2.78. The van der Waals surface area contributed by atoms with Gasteiger partial charge >= 0.3 is 0 Å². The Hall–Kier alpha value is -1.37. The zero-order valence-corrected chi connectivity index (χ0v) is 11.6. The summed E-state index contributed by atoms with van der Waals surface area (Å²) in [5, 5.41) is 4.62. The molecular formula is C13H16N3O2S-. The largest absolute Gasteiger partial charge is 0.767 e. The Kier molecular flexibility index (Phi) is 3.30. The van der Waals surface area contributed by atoms with Crippen LogP contribution in [0.3, 0.4) is 0 Å². The van der Waals surface area contributed by atoms with E-state index in [9.17, 15) is 8.76 Å². The SMILES string of the molecule is Cn1c(S(=O)[O-])cc2cccc(N3CCNCC3)c21. The molecule has 6 heteroatoms. The number of hydrogen-bond acceptors (Lipinski definition) is 4. The van der Waals surface area contributed by atoms with Crippen LogP contribution in [0.1, 0.15) is 0 Å². The van der Waals surface area contributed by atoms with E-state index in [-0.39, 0.29) is 0 Å². The lowest BCUT2D eigenvalue weighted by molar-refractivity contribution is 0.529. The number of rotatable bonds is 2. The molecule has 1 aromatic carbocycles. The summed E-state index contributed by atoms with van der Waals surface area (Å²) in [6.45, 7) is 3.81. The number of aryl methyl sites for hydroxylation is 1. The van der Waals surface area contributed by atoms with Crippen LogP contribution in [0, 0.1) is 0 Å². The monoisotopic (exact) mass is 278 g/mol. The van der Waals surface area contributed by atoms with E-state index in [4.69, 9.17) is 0 Å². The topological polar surface area (TPSA) is 60.3 Å². The van der Waals surface area contributed by atoms with Gasteiger partial charge in [-0.15, -0.1) is 0 Å². The second kappa shape index (κ2) is 4.96. The summed E-state index contributed by atoms with van der Waals surface area (Å²) in [5.41, 5.74) is 2.10. The summed E-state index contributed by atoms with van der Waals surface area (Å²) in [6, 6.07) is 7.73. The summed E-state index contributed by atoms with van der Waals surface area (Å²) in [7, 11) is 1.80. The predicted molar refractivity (Wildman–Crippen MR) is 75.2 cm³/mol. The van der Waals surface area contributed by atoms with Gasteiger partial charge in [-0.05, 0) is 23.2 Å². The highest BCUT2D eigenvalue weighted by Gasteiger charge is 2.16. The number of fused-ring (bicyclic) bond motifs is 1. The molecule has 2 heterocycles. The highest BCUT2D eigenvalue weighted by molar-refractivity contribution is 7.79. The van der Waals surface area contributed by atoms with Crippen molar-refractivity contribution in [3.63, 3.8) is 0 Å². The van der Waals surface area contributed by atoms with Gasteiger partial charge in [0.05, 0.1) is 16.2 Å². The number of para-hydroxylation sites is 1. The normalized spacial score (nSPS) is 17.9. The van der Waals surface area contributed by atoms with Crippen LogP contribution in [0.5, 0.6) is 0 Å². The van der Waals surface area contributed by atoms with E-state index in [1.807, 2.05) is 12.1 Å². The highest BCUT2D eigenvalue weighted by Crippen LogP contribution is 2.30. The Labute approximate surface area is 114 Å². The average molecular weight is 278 g/mol. The van der Waals surface area contributed by atoms with E-state index in [1.54, 1.807) is 17.7 Å². The minimum absolute atomic E-state index is 0.331.